The van der Waals surface area contributed by atoms with E-state index in [4.69, 9.17) is 5.73 Å². The summed E-state index contributed by atoms with van der Waals surface area (Å²) in [6.45, 7) is 9.30. The summed E-state index contributed by atoms with van der Waals surface area (Å²) in [6.07, 6.45) is 3.09. The summed E-state index contributed by atoms with van der Waals surface area (Å²) in [5.41, 5.74) is 6.77. The second kappa shape index (κ2) is 5.84. The molecule has 18 heavy (non-hydrogen) atoms. The second-order valence-electron chi connectivity index (χ2n) is 3.87. The van der Waals surface area contributed by atoms with Gasteiger partial charge in [-0.25, -0.2) is 8.42 Å². The van der Waals surface area contributed by atoms with E-state index in [0.29, 0.717) is 11.3 Å². The monoisotopic (exact) mass is 266 g/mol. The molecule has 0 atom stereocenters. The number of anilines is 1. The molecule has 0 aliphatic rings. The summed E-state index contributed by atoms with van der Waals surface area (Å²) in [6, 6.07) is 4.87. The van der Waals surface area contributed by atoms with Crippen molar-refractivity contribution in [3.63, 3.8) is 0 Å². The Balaban J connectivity index is 3.30. The molecular formula is C13H18N2O2S. The van der Waals surface area contributed by atoms with Gasteiger partial charge < -0.3 is 5.73 Å². The molecular weight excluding hydrogens is 248 g/mol. The van der Waals surface area contributed by atoms with Crippen molar-refractivity contribution < 1.29 is 8.42 Å². The van der Waals surface area contributed by atoms with Crippen LogP contribution in [0.4, 0.5) is 5.69 Å². The van der Waals surface area contributed by atoms with E-state index < -0.39 is 10.0 Å². The first-order valence-electron chi connectivity index (χ1n) is 5.52. The fourth-order valence-electron chi connectivity index (χ4n) is 1.61. The van der Waals surface area contributed by atoms with Gasteiger partial charge in [0.2, 0.25) is 10.0 Å². The van der Waals surface area contributed by atoms with Crippen molar-refractivity contribution in [1.82, 2.24) is 4.31 Å². The zero-order chi connectivity index (χ0) is 13.8. The summed E-state index contributed by atoms with van der Waals surface area (Å²) in [5.74, 6) is 0. The average Bonchev–Trinajstić information content (AvgIpc) is 2.32. The number of nitrogens with zero attached hydrogens (tertiary/aromatic N) is 1. The number of nitrogens with two attached hydrogens (primary N) is 1. The molecule has 0 bridgehead atoms. The van der Waals surface area contributed by atoms with E-state index in [9.17, 15) is 8.42 Å². The zero-order valence-electron chi connectivity index (χ0n) is 10.5. The summed E-state index contributed by atoms with van der Waals surface area (Å²) >= 11 is 0. The number of rotatable bonds is 6. The molecule has 0 aromatic heterocycles. The number of hydrogen-bond acceptors (Lipinski definition) is 3. The Morgan fingerprint density at radius 2 is 1.83 bits per heavy atom. The molecule has 0 heterocycles. The molecule has 0 spiro atoms. The zero-order valence-corrected chi connectivity index (χ0v) is 11.3. The van der Waals surface area contributed by atoms with Gasteiger partial charge in [0.1, 0.15) is 0 Å². The largest absolute Gasteiger partial charge is 0.398 e. The van der Waals surface area contributed by atoms with E-state index in [1.807, 2.05) is 0 Å². The molecule has 0 saturated heterocycles. The van der Waals surface area contributed by atoms with Gasteiger partial charge in [0, 0.05) is 18.8 Å². The molecule has 0 fully saturated rings. The smallest absolute Gasteiger partial charge is 0.243 e. The van der Waals surface area contributed by atoms with E-state index in [1.54, 1.807) is 37.3 Å². The Morgan fingerprint density at radius 1 is 1.28 bits per heavy atom. The van der Waals surface area contributed by atoms with Gasteiger partial charge in [0.25, 0.3) is 0 Å². The summed E-state index contributed by atoms with van der Waals surface area (Å²) in [5, 5.41) is 0. The van der Waals surface area contributed by atoms with Crippen molar-refractivity contribution in [3.8, 4) is 0 Å². The molecule has 0 unspecified atom stereocenters. The van der Waals surface area contributed by atoms with Gasteiger partial charge in [-0.3, -0.25) is 0 Å². The molecule has 0 saturated carbocycles. The maximum Gasteiger partial charge on any atom is 0.243 e. The lowest BCUT2D eigenvalue weighted by Crippen LogP contribution is -2.32. The van der Waals surface area contributed by atoms with Crippen LogP contribution in [-0.2, 0) is 10.0 Å². The lowest BCUT2D eigenvalue weighted by atomic mass is 10.2. The molecule has 2 N–H and O–H groups in total. The van der Waals surface area contributed by atoms with Gasteiger partial charge in [-0.2, -0.15) is 4.31 Å². The van der Waals surface area contributed by atoms with Gasteiger partial charge in [-0.05, 0) is 24.6 Å². The fourth-order valence-corrected chi connectivity index (χ4v) is 3.25. The molecule has 5 heteroatoms. The second-order valence-corrected chi connectivity index (χ2v) is 5.78. The molecule has 0 aliphatic heterocycles. The van der Waals surface area contributed by atoms with Crippen molar-refractivity contribution >= 4 is 15.7 Å². The minimum atomic E-state index is -3.57. The van der Waals surface area contributed by atoms with Crippen LogP contribution in [-0.4, -0.2) is 25.8 Å². The van der Waals surface area contributed by atoms with Crippen LogP contribution in [0.2, 0.25) is 0 Å². The number of benzene rings is 1. The van der Waals surface area contributed by atoms with Crippen molar-refractivity contribution in [1.29, 1.82) is 0 Å². The van der Waals surface area contributed by atoms with Gasteiger partial charge in [-0.1, -0.05) is 18.2 Å². The van der Waals surface area contributed by atoms with Crippen LogP contribution < -0.4 is 5.73 Å². The van der Waals surface area contributed by atoms with Gasteiger partial charge in [-0.15, -0.1) is 13.2 Å². The van der Waals surface area contributed by atoms with E-state index in [2.05, 4.69) is 13.2 Å². The van der Waals surface area contributed by atoms with Crippen molar-refractivity contribution in [2.45, 2.75) is 11.8 Å². The Kier molecular flexibility index (Phi) is 4.69. The molecule has 98 valence electrons. The van der Waals surface area contributed by atoms with E-state index >= 15 is 0 Å². The Bertz CT molecular complexity index is 540. The predicted molar refractivity (Wildman–Crippen MR) is 74.7 cm³/mol. The van der Waals surface area contributed by atoms with Gasteiger partial charge >= 0.3 is 0 Å². The first-order valence-corrected chi connectivity index (χ1v) is 6.96. The third-order valence-electron chi connectivity index (χ3n) is 2.61. The summed E-state index contributed by atoms with van der Waals surface area (Å²) in [4.78, 5) is 0.228. The highest BCUT2D eigenvalue weighted by atomic mass is 32.2. The minimum absolute atomic E-state index is 0.228. The SMILES string of the molecule is C=CCN(CC=C)S(=O)(=O)c1cccc(N)c1C. The topological polar surface area (TPSA) is 63.4 Å². The quantitative estimate of drug-likeness (QED) is 0.632. The number of nitrogen functional groups attached to an aromatic ring is 1. The number of hydrogen-bond donors (Lipinski definition) is 1. The maximum atomic E-state index is 12.5. The normalized spacial score (nSPS) is 11.4. The van der Waals surface area contributed by atoms with Crippen LogP contribution in [0.15, 0.2) is 48.4 Å². The van der Waals surface area contributed by atoms with Crippen LogP contribution in [0.25, 0.3) is 0 Å². The minimum Gasteiger partial charge on any atom is -0.398 e. The Hall–Kier alpha value is -1.59. The highest BCUT2D eigenvalue weighted by molar-refractivity contribution is 7.89. The Morgan fingerprint density at radius 3 is 2.33 bits per heavy atom. The molecule has 0 aliphatic carbocycles. The standard InChI is InChI=1S/C13H18N2O2S/c1-4-9-15(10-5-2)18(16,17)13-8-6-7-12(14)11(13)3/h4-8H,1-2,9-10,14H2,3H3. The first-order chi connectivity index (χ1) is 8.45. The molecule has 4 nitrogen and oxygen atoms in total. The molecule has 0 amide bonds. The van der Waals surface area contributed by atoms with Crippen LogP contribution in [0.1, 0.15) is 5.56 Å². The fraction of sp³-hybridized carbons (Fsp3) is 0.231. The molecule has 1 rings (SSSR count). The lowest BCUT2D eigenvalue weighted by Gasteiger charge is -2.20. The third-order valence-corrected chi connectivity index (χ3v) is 4.59. The van der Waals surface area contributed by atoms with Gasteiger partial charge in [0.15, 0.2) is 0 Å². The van der Waals surface area contributed by atoms with Gasteiger partial charge in [0.05, 0.1) is 4.90 Å². The van der Waals surface area contributed by atoms with Crippen molar-refractivity contribution in [2.24, 2.45) is 0 Å². The Labute approximate surface area is 108 Å². The predicted octanol–water partition coefficient (Wildman–Crippen LogP) is 1.94. The van der Waals surface area contributed by atoms with Crippen molar-refractivity contribution in [3.05, 3.63) is 49.1 Å². The molecule has 1 aromatic rings. The van der Waals surface area contributed by atoms with Crippen molar-refractivity contribution in [2.75, 3.05) is 18.8 Å². The van der Waals surface area contributed by atoms with Crippen LogP contribution >= 0.6 is 0 Å². The summed E-state index contributed by atoms with van der Waals surface area (Å²) < 4.78 is 26.2. The highest BCUT2D eigenvalue weighted by Crippen LogP contribution is 2.23. The highest BCUT2D eigenvalue weighted by Gasteiger charge is 2.24. The van der Waals surface area contributed by atoms with Crippen LogP contribution in [0.5, 0.6) is 0 Å². The number of sulfonamides is 1. The third kappa shape index (κ3) is 2.80. The van der Waals surface area contributed by atoms with E-state index in [1.165, 1.54) is 4.31 Å². The maximum absolute atomic E-state index is 12.5. The summed E-state index contributed by atoms with van der Waals surface area (Å²) in [7, 11) is -3.57. The van der Waals surface area contributed by atoms with Crippen LogP contribution in [0, 0.1) is 6.92 Å². The van der Waals surface area contributed by atoms with E-state index in [-0.39, 0.29) is 18.0 Å². The molecule has 0 radical (unpaired) electrons. The molecule has 1 aromatic carbocycles. The van der Waals surface area contributed by atoms with E-state index in [0.717, 1.165) is 0 Å². The van der Waals surface area contributed by atoms with Crippen LogP contribution in [0.3, 0.4) is 0 Å². The average molecular weight is 266 g/mol. The lowest BCUT2D eigenvalue weighted by molar-refractivity contribution is 0.474. The first kappa shape index (κ1) is 14.5.